The third-order valence-corrected chi connectivity index (χ3v) is 3.78. The van der Waals surface area contributed by atoms with Crippen molar-refractivity contribution in [3.63, 3.8) is 0 Å². The maximum atomic E-state index is 12.8. The lowest BCUT2D eigenvalue weighted by molar-refractivity contribution is -0.0437. The van der Waals surface area contributed by atoms with E-state index in [0.717, 1.165) is 6.07 Å². The number of nitrogens with zero attached hydrogens (tertiary/aromatic N) is 1. The first-order chi connectivity index (χ1) is 8.72. The Morgan fingerprint density at radius 1 is 1.47 bits per heavy atom. The zero-order chi connectivity index (χ0) is 14.7. The molecule has 19 heavy (non-hydrogen) atoms. The lowest BCUT2D eigenvalue weighted by Gasteiger charge is -2.14. The largest absolute Gasteiger partial charge is 0.390 e. The molecule has 0 atom stereocenters. The van der Waals surface area contributed by atoms with Crippen molar-refractivity contribution in [1.82, 2.24) is 4.72 Å². The van der Waals surface area contributed by atoms with Crippen LogP contribution in [0.2, 0.25) is 0 Å². The van der Waals surface area contributed by atoms with Crippen molar-refractivity contribution in [3.8, 4) is 6.07 Å². The molecule has 0 aliphatic carbocycles. The second-order valence-corrected chi connectivity index (χ2v) is 5.69. The van der Waals surface area contributed by atoms with Gasteiger partial charge in [-0.15, -0.1) is 0 Å². The number of aliphatic hydroxyl groups is 1. The molecule has 0 saturated heterocycles. The Morgan fingerprint density at radius 2 is 2.11 bits per heavy atom. The van der Waals surface area contributed by atoms with Gasteiger partial charge in [0.25, 0.3) is 5.92 Å². The first kappa shape index (κ1) is 15.5. The van der Waals surface area contributed by atoms with Gasteiger partial charge in [-0.25, -0.2) is 21.9 Å². The molecule has 2 N–H and O–H groups in total. The van der Waals surface area contributed by atoms with Gasteiger partial charge in [-0.2, -0.15) is 5.26 Å². The SMILES string of the molecule is Cc1cc(S(=O)(=O)NCC(F)(F)CO)ccc1C#N. The standard InChI is InChI=1S/C11H12F2N2O3S/c1-8-4-10(3-2-9(8)5-14)19(17,18)15-6-11(12,13)7-16/h2-4,15-16H,6-7H2,1H3. The summed E-state index contributed by atoms with van der Waals surface area (Å²) in [6.07, 6.45) is 0. The van der Waals surface area contributed by atoms with Crippen LogP contribution >= 0.6 is 0 Å². The Morgan fingerprint density at radius 3 is 2.58 bits per heavy atom. The highest BCUT2D eigenvalue weighted by Gasteiger charge is 2.30. The summed E-state index contributed by atoms with van der Waals surface area (Å²) in [5, 5.41) is 17.1. The molecule has 5 nitrogen and oxygen atoms in total. The summed E-state index contributed by atoms with van der Waals surface area (Å²) >= 11 is 0. The van der Waals surface area contributed by atoms with Gasteiger partial charge in [0.05, 0.1) is 23.1 Å². The fourth-order valence-corrected chi connectivity index (χ4v) is 2.42. The average molecular weight is 290 g/mol. The third kappa shape index (κ3) is 3.96. The Balaban J connectivity index is 2.96. The van der Waals surface area contributed by atoms with Gasteiger partial charge < -0.3 is 5.11 Å². The Bertz CT molecular complexity index is 609. The number of sulfonamides is 1. The van der Waals surface area contributed by atoms with Crippen LogP contribution in [0.3, 0.4) is 0 Å². The second-order valence-electron chi connectivity index (χ2n) is 3.93. The molecule has 0 aliphatic heterocycles. The highest BCUT2D eigenvalue weighted by atomic mass is 32.2. The number of hydrogen-bond donors (Lipinski definition) is 2. The fourth-order valence-electron chi connectivity index (χ4n) is 1.27. The second kappa shape index (κ2) is 5.61. The summed E-state index contributed by atoms with van der Waals surface area (Å²) < 4.78 is 50.7. The number of aryl methyl sites for hydroxylation is 1. The predicted octanol–water partition coefficient (Wildman–Crippen LogP) is 0.773. The Labute approximate surface area is 109 Å². The number of aliphatic hydroxyl groups excluding tert-OH is 1. The fraction of sp³-hybridized carbons (Fsp3) is 0.364. The Hall–Kier alpha value is -1.56. The van der Waals surface area contributed by atoms with E-state index in [1.54, 1.807) is 11.6 Å². The van der Waals surface area contributed by atoms with E-state index >= 15 is 0 Å². The summed E-state index contributed by atoms with van der Waals surface area (Å²) in [5.74, 6) is -3.52. The molecule has 0 heterocycles. The minimum absolute atomic E-state index is 0.210. The lowest BCUT2D eigenvalue weighted by Crippen LogP contribution is -2.38. The highest BCUT2D eigenvalue weighted by Crippen LogP contribution is 2.16. The number of rotatable bonds is 5. The molecule has 0 saturated carbocycles. The van der Waals surface area contributed by atoms with Crippen LogP contribution in [0.5, 0.6) is 0 Å². The molecule has 1 rings (SSSR count). The maximum absolute atomic E-state index is 12.8. The number of benzene rings is 1. The molecule has 8 heteroatoms. The molecular weight excluding hydrogens is 278 g/mol. The van der Waals surface area contributed by atoms with E-state index < -0.39 is 29.1 Å². The van der Waals surface area contributed by atoms with Crippen molar-refractivity contribution in [2.45, 2.75) is 17.7 Å². The first-order valence-corrected chi connectivity index (χ1v) is 6.69. The van der Waals surface area contributed by atoms with E-state index in [1.807, 2.05) is 6.07 Å². The van der Waals surface area contributed by atoms with Gasteiger partial charge in [0.1, 0.15) is 6.61 Å². The smallest absolute Gasteiger partial charge is 0.283 e. The number of hydrogen-bond acceptors (Lipinski definition) is 4. The lowest BCUT2D eigenvalue weighted by atomic mass is 10.1. The van der Waals surface area contributed by atoms with Crippen molar-refractivity contribution >= 4 is 10.0 Å². The van der Waals surface area contributed by atoms with Gasteiger partial charge >= 0.3 is 0 Å². The van der Waals surface area contributed by atoms with E-state index in [-0.39, 0.29) is 4.90 Å². The van der Waals surface area contributed by atoms with Crippen LogP contribution in [0.4, 0.5) is 8.78 Å². The summed E-state index contributed by atoms with van der Waals surface area (Å²) in [4.78, 5) is -0.210. The normalized spacial score (nSPS) is 12.2. The van der Waals surface area contributed by atoms with Crippen LogP contribution in [-0.2, 0) is 10.0 Å². The molecule has 104 valence electrons. The average Bonchev–Trinajstić information content (AvgIpc) is 2.36. The van der Waals surface area contributed by atoms with Gasteiger partial charge in [0.2, 0.25) is 10.0 Å². The molecule has 0 unspecified atom stereocenters. The molecule has 0 radical (unpaired) electrons. The third-order valence-electron chi connectivity index (χ3n) is 2.38. The van der Waals surface area contributed by atoms with Crippen LogP contribution in [0.1, 0.15) is 11.1 Å². The minimum atomic E-state index is -4.10. The van der Waals surface area contributed by atoms with Crippen molar-refractivity contribution in [3.05, 3.63) is 29.3 Å². The Kier molecular flexibility index (Phi) is 4.57. The van der Waals surface area contributed by atoms with Crippen LogP contribution in [0, 0.1) is 18.3 Å². The quantitative estimate of drug-likeness (QED) is 0.838. The predicted molar refractivity (Wildman–Crippen MR) is 63.1 cm³/mol. The monoisotopic (exact) mass is 290 g/mol. The zero-order valence-electron chi connectivity index (χ0n) is 10.0. The van der Waals surface area contributed by atoms with Crippen molar-refractivity contribution in [2.75, 3.05) is 13.2 Å². The molecule has 0 spiro atoms. The molecule has 0 aliphatic rings. The van der Waals surface area contributed by atoms with Crippen LogP contribution < -0.4 is 4.72 Å². The summed E-state index contributed by atoms with van der Waals surface area (Å²) in [6.45, 7) is -1.09. The van der Waals surface area contributed by atoms with Gasteiger partial charge in [-0.1, -0.05) is 0 Å². The van der Waals surface area contributed by atoms with E-state index in [2.05, 4.69) is 0 Å². The molecular formula is C11H12F2N2O3S. The van der Waals surface area contributed by atoms with Gasteiger partial charge in [0, 0.05) is 0 Å². The maximum Gasteiger partial charge on any atom is 0.283 e. The van der Waals surface area contributed by atoms with Gasteiger partial charge in [-0.05, 0) is 30.7 Å². The van der Waals surface area contributed by atoms with Crippen molar-refractivity contribution in [1.29, 1.82) is 5.26 Å². The van der Waals surface area contributed by atoms with Crippen LogP contribution in [0.25, 0.3) is 0 Å². The molecule has 0 fully saturated rings. The number of halogens is 2. The molecule has 1 aromatic carbocycles. The van der Waals surface area contributed by atoms with Crippen molar-refractivity contribution in [2.24, 2.45) is 0 Å². The molecule has 1 aromatic rings. The van der Waals surface area contributed by atoms with Crippen LogP contribution in [-0.4, -0.2) is 32.6 Å². The summed E-state index contributed by atoms with van der Waals surface area (Å²) in [6, 6.07) is 5.55. The van der Waals surface area contributed by atoms with E-state index in [0.29, 0.717) is 11.1 Å². The topological polar surface area (TPSA) is 90.2 Å². The van der Waals surface area contributed by atoms with Gasteiger partial charge in [-0.3, -0.25) is 0 Å². The summed E-state index contributed by atoms with van der Waals surface area (Å²) in [7, 11) is -4.10. The highest BCUT2D eigenvalue weighted by molar-refractivity contribution is 7.89. The summed E-state index contributed by atoms with van der Waals surface area (Å²) in [5.41, 5.74) is 0.735. The van der Waals surface area contributed by atoms with Gasteiger partial charge in [0.15, 0.2) is 0 Å². The van der Waals surface area contributed by atoms with E-state index in [9.17, 15) is 17.2 Å². The van der Waals surface area contributed by atoms with E-state index in [4.69, 9.17) is 10.4 Å². The first-order valence-electron chi connectivity index (χ1n) is 5.21. The molecule has 0 amide bonds. The van der Waals surface area contributed by atoms with Crippen LogP contribution in [0.15, 0.2) is 23.1 Å². The number of nitriles is 1. The number of alkyl halides is 2. The van der Waals surface area contributed by atoms with E-state index in [1.165, 1.54) is 12.1 Å². The number of nitrogens with one attached hydrogen (secondary N) is 1. The molecule has 0 aromatic heterocycles. The minimum Gasteiger partial charge on any atom is -0.390 e. The van der Waals surface area contributed by atoms with Crippen molar-refractivity contribution < 1.29 is 22.3 Å². The molecule has 0 bridgehead atoms. The zero-order valence-corrected chi connectivity index (χ0v) is 10.8.